The van der Waals surface area contributed by atoms with Crippen LogP contribution in [0.2, 0.25) is 0 Å². The van der Waals surface area contributed by atoms with Gasteiger partial charge in [-0.3, -0.25) is 4.79 Å². The van der Waals surface area contributed by atoms with E-state index in [2.05, 4.69) is 10.2 Å². The van der Waals surface area contributed by atoms with Gasteiger partial charge in [0.05, 0.1) is 13.0 Å². The van der Waals surface area contributed by atoms with Crippen molar-refractivity contribution < 1.29 is 9.90 Å². The maximum atomic E-state index is 10.6. The van der Waals surface area contributed by atoms with E-state index in [1.807, 2.05) is 13.0 Å². The first-order chi connectivity index (χ1) is 7.20. The molecule has 0 bridgehead atoms. The summed E-state index contributed by atoms with van der Waals surface area (Å²) in [6.45, 7) is 2.62. The molecular formula is C10H11N3O2. The Bertz CT molecular complexity index is 504. The highest BCUT2D eigenvalue weighted by atomic mass is 16.4. The van der Waals surface area contributed by atoms with Gasteiger partial charge < -0.3 is 5.11 Å². The summed E-state index contributed by atoms with van der Waals surface area (Å²) in [7, 11) is 0. The summed E-state index contributed by atoms with van der Waals surface area (Å²) >= 11 is 0. The summed E-state index contributed by atoms with van der Waals surface area (Å²) in [5.74, 6) is -0.853. The minimum atomic E-state index is -0.853. The van der Waals surface area contributed by atoms with Gasteiger partial charge in [-0.05, 0) is 18.6 Å². The molecule has 0 aliphatic carbocycles. The van der Waals surface area contributed by atoms with E-state index in [4.69, 9.17) is 5.11 Å². The number of nitrogens with zero attached hydrogens (tertiary/aromatic N) is 3. The van der Waals surface area contributed by atoms with Crippen LogP contribution in [0.5, 0.6) is 0 Å². The molecule has 1 heterocycles. The summed E-state index contributed by atoms with van der Waals surface area (Å²) in [4.78, 5) is 12.2. The minimum Gasteiger partial charge on any atom is -0.481 e. The fourth-order valence-corrected chi connectivity index (χ4v) is 1.48. The van der Waals surface area contributed by atoms with Crippen LogP contribution in [0.3, 0.4) is 0 Å². The van der Waals surface area contributed by atoms with Crippen molar-refractivity contribution in [1.82, 2.24) is 15.0 Å². The molecule has 2 rings (SSSR count). The number of carbonyl (C=O) groups is 1. The Labute approximate surface area is 86.3 Å². The molecule has 2 aromatic rings. The normalized spacial score (nSPS) is 10.7. The number of aliphatic carboxylic acids is 1. The van der Waals surface area contributed by atoms with E-state index in [0.29, 0.717) is 17.6 Å². The van der Waals surface area contributed by atoms with Gasteiger partial charge in [0, 0.05) is 0 Å². The average Bonchev–Trinajstić information content (AvgIpc) is 2.61. The van der Waals surface area contributed by atoms with Crippen LogP contribution in [0.25, 0.3) is 11.0 Å². The lowest BCUT2D eigenvalue weighted by molar-refractivity contribution is -0.136. The molecule has 0 aliphatic heterocycles. The Balaban J connectivity index is 2.54. The molecule has 0 radical (unpaired) electrons. The third-order valence-electron chi connectivity index (χ3n) is 2.16. The average molecular weight is 205 g/mol. The molecule has 1 aromatic heterocycles. The van der Waals surface area contributed by atoms with Gasteiger partial charge in [-0.2, -0.15) is 15.0 Å². The third-order valence-corrected chi connectivity index (χ3v) is 2.16. The molecule has 0 saturated carbocycles. The van der Waals surface area contributed by atoms with Crippen molar-refractivity contribution in [3.05, 3.63) is 23.8 Å². The monoisotopic (exact) mass is 205 g/mol. The zero-order chi connectivity index (χ0) is 10.8. The SMILES string of the molecule is CCn1nc2cccc(CC(=O)O)c2n1. The standard InChI is InChI=1S/C10H11N3O2/c1-2-13-11-8-5-3-4-7(6-9(14)15)10(8)12-13/h3-5H,2,6H2,1H3,(H,14,15). The van der Waals surface area contributed by atoms with Crippen molar-refractivity contribution in [2.24, 2.45) is 0 Å². The Morgan fingerprint density at radius 1 is 1.47 bits per heavy atom. The number of carboxylic acids is 1. The Morgan fingerprint density at radius 2 is 2.27 bits per heavy atom. The van der Waals surface area contributed by atoms with Crippen LogP contribution in [0.1, 0.15) is 12.5 Å². The van der Waals surface area contributed by atoms with E-state index in [1.165, 1.54) is 0 Å². The number of hydrogen-bond acceptors (Lipinski definition) is 3. The molecule has 0 amide bonds. The minimum absolute atomic E-state index is 0.0141. The van der Waals surface area contributed by atoms with E-state index in [1.54, 1.807) is 16.9 Å². The zero-order valence-electron chi connectivity index (χ0n) is 8.34. The van der Waals surface area contributed by atoms with Gasteiger partial charge in [-0.1, -0.05) is 12.1 Å². The van der Waals surface area contributed by atoms with Crippen LogP contribution in [0, 0.1) is 0 Å². The number of carboxylic acid groups (broad SMARTS) is 1. The topological polar surface area (TPSA) is 68.0 Å². The molecular weight excluding hydrogens is 194 g/mol. The van der Waals surface area contributed by atoms with Crippen LogP contribution in [0.4, 0.5) is 0 Å². The first-order valence-electron chi connectivity index (χ1n) is 4.75. The van der Waals surface area contributed by atoms with E-state index in [-0.39, 0.29) is 6.42 Å². The fourth-order valence-electron chi connectivity index (χ4n) is 1.48. The van der Waals surface area contributed by atoms with Gasteiger partial charge in [0.15, 0.2) is 0 Å². The Kier molecular flexibility index (Phi) is 2.37. The van der Waals surface area contributed by atoms with Crippen LogP contribution >= 0.6 is 0 Å². The molecule has 1 aromatic carbocycles. The molecule has 5 heteroatoms. The number of fused-ring (bicyclic) bond motifs is 1. The molecule has 15 heavy (non-hydrogen) atoms. The third kappa shape index (κ3) is 1.81. The molecule has 0 saturated heterocycles. The Morgan fingerprint density at radius 3 is 2.93 bits per heavy atom. The highest BCUT2D eigenvalue weighted by Crippen LogP contribution is 2.15. The van der Waals surface area contributed by atoms with Crippen LogP contribution in [-0.4, -0.2) is 26.1 Å². The second-order valence-corrected chi connectivity index (χ2v) is 3.24. The molecule has 0 aliphatic rings. The lowest BCUT2D eigenvalue weighted by Crippen LogP contribution is -2.01. The van der Waals surface area contributed by atoms with Gasteiger partial charge >= 0.3 is 5.97 Å². The summed E-state index contributed by atoms with van der Waals surface area (Å²) in [6.07, 6.45) is -0.0141. The second kappa shape index (κ2) is 3.68. The first kappa shape index (κ1) is 9.64. The molecule has 0 atom stereocenters. The quantitative estimate of drug-likeness (QED) is 0.814. The van der Waals surface area contributed by atoms with Crippen molar-refractivity contribution >= 4 is 17.0 Å². The number of aryl methyl sites for hydroxylation is 1. The Hall–Kier alpha value is -1.91. The van der Waals surface area contributed by atoms with Gasteiger partial charge in [0.25, 0.3) is 0 Å². The van der Waals surface area contributed by atoms with E-state index in [9.17, 15) is 4.79 Å². The first-order valence-corrected chi connectivity index (χ1v) is 4.75. The molecule has 0 fully saturated rings. The van der Waals surface area contributed by atoms with Crippen LogP contribution in [-0.2, 0) is 17.8 Å². The summed E-state index contributed by atoms with van der Waals surface area (Å²) in [5.41, 5.74) is 2.14. The smallest absolute Gasteiger partial charge is 0.307 e. The van der Waals surface area contributed by atoms with Crippen molar-refractivity contribution in [3.8, 4) is 0 Å². The van der Waals surface area contributed by atoms with Crippen molar-refractivity contribution in [2.75, 3.05) is 0 Å². The van der Waals surface area contributed by atoms with Crippen molar-refractivity contribution in [2.45, 2.75) is 19.9 Å². The van der Waals surface area contributed by atoms with Gasteiger partial charge in [-0.25, -0.2) is 0 Å². The van der Waals surface area contributed by atoms with Crippen molar-refractivity contribution in [1.29, 1.82) is 0 Å². The van der Waals surface area contributed by atoms with E-state index < -0.39 is 5.97 Å². The molecule has 0 spiro atoms. The predicted molar refractivity (Wildman–Crippen MR) is 54.5 cm³/mol. The van der Waals surface area contributed by atoms with E-state index >= 15 is 0 Å². The lowest BCUT2D eigenvalue weighted by atomic mass is 10.1. The van der Waals surface area contributed by atoms with E-state index in [0.717, 1.165) is 5.52 Å². The second-order valence-electron chi connectivity index (χ2n) is 3.24. The van der Waals surface area contributed by atoms with Crippen molar-refractivity contribution in [3.63, 3.8) is 0 Å². The number of aromatic nitrogens is 3. The molecule has 5 nitrogen and oxygen atoms in total. The van der Waals surface area contributed by atoms with Crippen LogP contribution in [0.15, 0.2) is 18.2 Å². The number of rotatable bonds is 3. The summed E-state index contributed by atoms with van der Waals surface area (Å²) in [6, 6.07) is 5.40. The largest absolute Gasteiger partial charge is 0.481 e. The maximum absolute atomic E-state index is 10.6. The summed E-state index contributed by atoms with van der Waals surface area (Å²) < 4.78 is 0. The molecule has 0 unspecified atom stereocenters. The highest BCUT2D eigenvalue weighted by Gasteiger charge is 2.09. The van der Waals surface area contributed by atoms with Crippen LogP contribution < -0.4 is 0 Å². The lowest BCUT2D eigenvalue weighted by Gasteiger charge is -1.95. The molecule has 78 valence electrons. The van der Waals surface area contributed by atoms with Gasteiger partial charge in [0.2, 0.25) is 0 Å². The number of hydrogen-bond donors (Lipinski definition) is 1. The fraction of sp³-hybridized carbons (Fsp3) is 0.300. The molecule has 1 N–H and O–H groups in total. The zero-order valence-corrected chi connectivity index (χ0v) is 8.34. The number of benzene rings is 1. The van der Waals surface area contributed by atoms with Gasteiger partial charge in [0.1, 0.15) is 11.0 Å². The highest BCUT2D eigenvalue weighted by molar-refractivity contribution is 5.82. The predicted octanol–water partition coefficient (Wildman–Crippen LogP) is 1.08. The summed E-state index contributed by atoms with van der Waals surface area (Å²) in [5, 5.41) is 17.2. The van der Waals surface area contributed by atoms with Gasteiger partial charge in [-0.15, -0.1) is 0 Å². The maximum Gasteiger partial charge on any atom is 0.307 e.